The first-order valence-corrected chi connectivity index (χ1v) is 11.4. The number of carbonyl (C=O) groups is 2. The molecule has 27 heavy (non-hydrogen) atoms. The van der Waals surface area contributed by atoms with Crippen LogP contribution in [0.5, 0.6) is 11.5 Å². The summed E-state index contributed by atoms with van der Waals surface area (Å²) in [4.78, 5) is 24.9. The molecule has 0 unspecified atom stereocenters. The predicted octanol–water partition coefficient (Wildman–Crippen LogP) is 0.785. The molecule has 2 aliphatic heterocycles. The van der Waals surface area contributed by atoms with Crippen molar-refractivity contribution in [3.05, 3.63) is 18.2 Å². The lowest BCUT2D eigenvalue weighted by Gasteiger charge is -2.19. The number of hydrogen-bond donors (Lipinski definition) is 1. The quantitative estimate of drug-likeness (QED) is 0.537. The first kappa shape index (κ1) is 19.8. The second-order valence-electron chi connectivity index (χ2n) is 6.33. The van der Waals surface area contributed by atoms with Crippen LogP contribution in [0, 0.1) is 0 Å². The Balaban J connectivity index is 1.44. The molecule has 1 aromatic carbocycles. The van der Waals surface area contributed by atoms with E-state index in [9.17, 15) is 18.0 Å². The summed E-state index contributed by atoms with van der Waals surface area (Å²) in [5.74, 6) is 0.324. The molecule has 0 radical (unpaired) electrons. The third kappa shape index (κ3) is 5.52. The third-order valence-electron chi connectivity index (χ3n) is 4.13. The normalized spacial score (nSPS) is 21.3. The number of carbonyl (C=O) groups excluding carboxylic acids is 2. The number of sulfone groups is 1. The standard InChI is InChI=1S/C17H21NO7S2/c1-11(17(20)18-12-4-7-27(21,22)10-12)25-16(19)9-26-13-2-3-14-15(8-13)24-6-5-23-14/h2-3,8,11-12H,4-7,9-10H2,1H3,(H,18,20)/t11-,12+/m1/s1. The molecule has 0 bridgehead atoms. The van der Waals surface area contributed by atoms with Crippen LogP contribution in [0.2, 0.25) is 0 Å². The Hall–Kier alpha value is -1.94. The minimum absolute atomic E-state index is 0.0368. The maximum Gasteiger partial charge on any atom is 0.317 e. The van der Waals surface area contributed by atoms with Crippen LogP contribution < -0.4 is 14.8 Å². The van der Waals surface area contributed by atoms with Gasteiger partial charge < -0.3 is 19.5 Å². The van der Waals surface area contributed by atoms with Crippen molar-refractivity contribution in [3.63, 3.8) is 0 Å². The lowest BCUT2D eigenvalue weighted by molar-refractivity contribution is -0.152. The summed E-state index contributed by atoms with van der Waals surface area (Å²) < 4.78 is 38.9. The van der Waals surface area contributed by atoms with Crippen LogP contribution in [0.25, 0.3) is 0 Å². The zero-order chi connectivity index (χ0) is 19.4. The van der Waals surface area contributed by atoms with Gasteiger partial charge in [0.25, 0.3) is 5.91 Å². The number of hydrogen-bond acceptors (Lipinski definition) is 8. The third-order valence-corrected chi connectivity index (χ3v) is 6.86. The highest BCUT2D eigenvalue weighted by molar-refractivity contribution is 8.00. The van der Waals surface area contributed by atoms with Crippen molar-refractivity contribution >= 4 is 33.5 Å². The van der Waals surface area contributed by atoms with E-state index >= 15 is 0 Å². The number of ether oxygens (including phenoxy) is 3. The molecule has 1 saturated heterocycles. The molecule has 0 aliphatic carbocycles. The van der Waals surface area contributed by atoms with Crippen molar-refractivity contribution in [2.75, 3.05) is 30.5 Å². The van der Waals surface area contributed by atoms with E-state index in [1.165, 1.54) is 18.7 Å². The van der Waals surface area contributed by atoms with E-state index in [1.807, 2.05) is 6.07 Å². The number of thioether (sulfide) groups is 1. The topological polar surface area (TPSA) is 108 Å². The minimum Gasteiger partial charge on any atom is -0.486 e. The molecule has 10 heteroatoms. The van der Waals surface area contributed by atoms with Crippen LogP contribution in [0.3, 0.4) is 0 Å². The molecule has 148 valence electrons. The van der Waals surface area contributed by atoms with E-state index in [4.69, 9.17) is 14.2 Å². The van der Waals surface area contributed by atoms with Gasteiger partial charge in [-0.2, -0.15) is 0 Å². The summed E-state index contributed by atoms with van der Waals surface area (Å²) in [6.45, 7) is 2.46. The molecule has 1 fully saturated rings. The van der Waals surface area contributed by atoms with Gasteiger partial charge in [0.15, 0.2) is 27.4 Å². The van der Waals surface area contributed by atoms with Gasteiger partial charge >= 0.3 is 5.97 Å². The van der Waals surface area contributed by atoms with Crippen LogP contribution in [-0.2, 0) is 24.2 Å². The molecule has 2 aliphatic rings. The lowest BCUT2D eigenvalue weighted by atomic mass is 10.2. The Morgan fingerprint density at radius 2 is 2.04 bits per heavy atom. The zero-order valence-electron chi connectivity index (χ0n) is 14.8. The Labute approximate surface area is 161 Å². The van der Waals surface area contributed by atoms with Gasteiger partial charge in [-0.3, -0.25) is 9.59 Å². The van der Waals surface area contributed by atoms with Gasteiger partial charge in [0.1, 0.15) is 13.2 Å². The fourth-order valence-corrected chi connectivity index (χ4v) is 5.15. The smallest absolute Gasteiger partial charge is 0.317 e. The summed E-state index contributed by atoms with van der Waals surface area (Å²) >= 11 is 1.27. The van der Waals surface area contributed by atoms with Crippen molar-refractivity contribution in [1.29, 1.82) is 0 Å². The summed E-state index contributed by atoms with van der Waals surface area (Å²) in [7, 11) is -3.08. The summed E-state index contributed by atoms with van der Waals surface area (Å²) in [6, 6.07) is 4.98. The van der Waals surface area contributed by atoms with Crippen molar-refractivity contribution < 1.29 is 32.2 Å². The van der Waals surface area contributed by atoms with Crippen LogP contribution in [0.1, 0.15) is 13.3 Å². The molecule has 3 rings (SSSR count). The van der Waals surface area contributed by atoms with E-state index in [-0.39, 0.29) is 17.3 Å². The molecular formula is C17H21NO7S2. The number of esters is 1. The number of fused-ring (bicyclic) bond motifs is 1. The van der Waals surface area contributed by atoms with E-state index in [2.05, 4.69) is 5.32 Å². The van der Waals surface area contributed by atoms with Crippen molar-refractivity contribution in [2.45, 2.75) is 30.4 Å². The Morgan fingerprint density at radius 3 is 2.74 bits per heavy atom. The maximum absolute atomic E-state index is 12.1. The first-order valence-electron chi connectivity index (χ1n) is 8.55. The molecule has 2 atom stereocenters. The first-order chi connectivity index (χ1) is 12.8. The Morgan fingerprint density at radius 1 is 1.30 bits per heavy atom. The van der Waals surface area contributed by atoms with E-state index in [0.717, 1.165) is 4.90 Å². The molecule has 1 aromatic rings. The highest BCUT2D eigenvalue weighted by Gasteiger charge is 2.30. The van der Waals surface area contributed by atoms with Crippen molar-refractivity contribution in [2.24, 2.45) is 0 Å². The molecule has 1 amide bonds. The van der Waals surface area contributed by atoms with E-state index in [1.54, 1.807) is 12.1 Å². The SMILES string of the molecule is C[C@@H](OC(=O)CSc1ccc2c(c1)OCCO2)C(=O)N[C@H]1CCS(=O)(=O)C1. The fraction of sp³-hybridized carbons (Fsp3) is 0.529. The highest BCUT2D eigenvalue weighted by Crippen LogP contribution is 2.34. The van der Waals surface area contributed by atoms with Gasteiger partial charge in [0.2, 0.25) is 0 Å². The van der Waals surface area contributed by atoms with Crippen molar-refractivity contribution in [1.82, 2.24) is 5.32 Å². The summed E-state index contributed by atoms with van der Waals surface area (Å²) in [6.07, 6.45) is -0.601. The number of amides is 1. The van der Waals surface area contributed by atoms with Crippen molar-refractivity contribution in [3.8, 4) is 11.5 Å². The molecule has 8 nitrogen and oxygen atoms in total. The monoisotopic (exact) mass is 415 g/mol. The number of rotatable bonds is 6. The van der Waals surface area contributed by atoms with E-state index in [0.29, 0.717) is 31.1 Å². The van der Waals surface area contributed by atoms with Gasteiger partial charge in [-0.15, -0.1) is 11.8 Å². The van der Waals surface area contributed by atoms with Crippen LogP contribution in [-0.4, -0.2) is 62.9 Å². The van der Waals surface area contributed by atoms with Gasteiger partial charge in [-0.05, 0) is 31.5 Å². The van der Waals surface area contributed by atoms with Gasteiger partial charge in [-0.1, -0.05) is 0 Å². The van der Waals surface area contributed by atoms with Gasteiger partial charge in [0.05, 0.1) is 17.3 Å². The van der Waals surface area contributed by atoms with Crippen LogP contribution in [0.4, 0.5) is 0 Å². The molecule has 0 saturated carbocycles. The fourth-order valence-electron chi connectivity index (χ4n) is 2.77. The maximum atomic E-state index is 12.1. The Bertz CT molecular complexity index is 825. The lowest BCUT2D eigenvalue weighted by Crippen LogP contribution is -2.42. The molecule has 2 heterocycles. The summed E-state index contributed by atoms with van der Waals surface area (Å²) in [5.41, 5.74) is 0. The average Bonchev–Trinajstić information content (AvgIpc) is 2.98. The highest BCUT2D eigenvalue weighted by atomic mass is 32.2. The van der Waals surface area contributed by atoms with Crippen LogP contribution in [0.15, 0.2) is 23.1 Å². The van der Waals surface area contributed by atoms with Gasteiger partial charge in [-0.25, -0.2) is 8.42 Å². The van der Waals surface area contributed by atoms with E-state index < -0.39 is 33.9 Å². The van der Waals surface area contributed by atoms with Gasteiger partial charge in [0, 0.05) is 10.9 Å². The molecule has 0 aromatic heterocycles. The second kappa shape index (κ2) is 8.39. The van der Waals surface area contributed by atoms with Crippen LogP contribution >= 0.6 is 11.8 Å². The molecule has 0 spiro atoms. The number of nitrogens with one attached hydrogen (secondary N) is 1. The Kier molecular flexibility index (Phi) is 6.15. The minimum atomic E-state index is -3.08. The number of benzene rings is 1. The molecule has 1 N–H and O–H groups in total. The zero-order valence-corrected chi connectivity index (χ0v) is 16.4. The summed E-state index contributed by atoms with van der Waals surface area (Å²) in [5, 5.41) is 2.62. The largest absolute Gasteiger partial charge is 0.486 e. The second-order valence-corrected chi connectivity index (χ2v) is 9.61. The predicted molar refractivity (Wildman–Crippen MR) is 98.9 cm³/mol. The molecular weight excluding hydrogens is 394 g/mol. The average molecular weight is 415 g/mol.